The largest absolute Gasteiger partial charge is 0.337 e. The topological polar surface area (TPSA) is 20.3 Å². The number of halogens is 2. The highest BCUT2D eigenvalue weighted by molar-refractivity contribution is 5.94. The lowest BCUT2D eigenvalue weighted by atomic mass is 10.1. The molecule has 0 radical (unpaired) electrons. The lowest BCUT2D eigenvalue weighted by Gasteiger charge is -2.19. The van der Waals surface area contributed by atoms with Gasteiger partial charge in [-0.15, -0.1) is 0 Å². The van der Waals surface area contributed by atoms with E-state index in [2.05, 4.69) is 0 Å². The first-order valence-electron chi connectivity index (χ1n) is 6.65. The second kappa shape index (κ2) is 6.04. The van der Waals surface area contributed by atoms with E-state index in [4.69, 9.17) is 0 Å². The Morgan fingerprint density at radius 1 is 1.14 bits per heavy atom. The summed E-state index contributed by atoms with van der Waals surface area (Å²) in [5.41, 5.74) is 2.94. The molecule has 0 fully saturated rings. The number of amides is 1. The van der Waals surface area contributed by atoms with Crippen molar-refractivity contribution in [2.24, 2.45) is 0 Å². The Morgan fingerprint density at radius 3 is 2.52 bits per heavy atom. The summed E-state index contributed by atoms with van der Waals surface area (Å²) in [4.78, 5) is 13.6. The molecule has 2 aromatic carbocycles. The van der Waals surface area contributed by atoms with Gasteiger partial charge in [-0.25, -0.2) is 8.78 Å². The fourth-order valence-corrected chi connectivity index (χ4v) is 2.23. The molecule has 110 valence electrons. The normalized spacial score (nSPS) is 10.5. The number of carbonyl (C=O) groups is 1. The van der Waals surface area contributed by atoms with Crippen molar-refractivity contribution in [3.63, 3.8) is 0 Å². The fourth-order valence-electron chi connectivity index (χ4n) is 2.23. The monoisotopic (exact) mass is 289 g/mol. The lowest BCUT2D eigenvalue weighted by Crippen LogP contribution is -2.27. The maximum Gasteiger partial charge on any atom is 0.256 e. The Bertz CT molecular complexity index is 682. The van der Waals surface area contributed by atoms with Gasteiger partial charge < -0.3 is 4.90 Å². The number of hydrogen-bond acceptors (Lipinski definition) is 1. The predicted molar refractivity (Wildman–Crippen MR) is 78.1 cm³/mol. The van der Waals surface area contributed by atoms with Crippen molar-refractivity contribution in [3.05, 3.63) is 70.3 Å². The fraction of sp³-hybridized carbons (Fsp3) is 0.235. The minimum Gasteiger partial charge on any atom is -0.337 e. The van der Waals surface area contributed by atoms with Gasteiger partial charge in [0.25, 0.3) is 5.91 Å². The molecule has 4 heteroatoms. The first kappa shape index (κ1) is 15.2. The van der Waals surface area contributed by atoms with Crippen molar-refractivity contribution in [1.82, 2.24) is 4.90 Å². The summed E-state index contributed by atoms with van der Waals surface area (Å²) in [7, 11) is 1.58. The summed E-state index contributed by atoms with van der Waals surface area (Å²) >= 11 is 0. The van der Waals surface area contributed by atoms with Gasteiger partial charge in [0.15, 0.2) is 11.6 Å². The van der Waals surface area contributed by atoms with Crippen molar-refractivity contribution in [2.45, 2.75) is 20.4 Å². The third-order valence-electron chi connectivity index (χ3n) is 3.43. The van der Waals surface area contributed by atoms with E-state index in [-0.39, 0.29) is 5.56 Å². The van der Waals surface area contributed by atoms with Gasteiger partial charge in [0.2, 0.25) is 0 Å². The highest BCUT2D eigenvalue weighted by Crippen LogP contribution is 2.17. The van der Waals surface area contributed by atoms with E-state index in [0.29, 0.717) is 6.54 Å². The summed E-state index contributed by atoms with van der Waals surface area (Å²) in [6.07, 6.45) is 0. The average Bonchev–Trinajstić information content (AvgIpc) is 2.44. The molecule has 21 heavy (non-hydrogen) atoms. The first-order chi connectivity index (χ1) is 9.90. The zero-order valence-corrected chi connectivity index (χ0v) is 12.3. The van der Waals surface area contributed by atoms with Crippen LogP contribution in [0.5, 0.6) is 0 Å². The van der Waals surface area contributed by atoms with E-state index >= 15 is 0 Å². The van der Waals surface area contributed by atoms with E-state index in [1.54, 1.807) is 7.05 Å². The average molecular weight is 289 g/mol. The number of hydrogen-bond donors (Lipinski definition) is 0. The van der Waals surface area contributed by atoms with Crippen molar-refractivity contribution >= 4 is 5.91 Å². The zero-order valence-electron chi connectivity index (χ0n) is 12.3. The van der Waals surface area contributed by atoms with Crippen LogP contribution < -0.4 is 0 Å². The van der Waals surface area contributed by atoms with Crippen LogP contribution in [-0.2, 0) is 6.54 Å². The van der Waals surface area contributed by atoms with Crippen molar-refractivity contribution in [2.75, 3.05) is 7.05 Å². The molecule has 1 amide bonds. The summed E-state index contributed by atoms with van der Waals surface area (Å²) in [5, 5.41) is 0. The Labute approximate surface area is 123 Å². The number of nitrogens with zero attached hydrogens (tertiary/aromatic N) is 1. The molecule has 0 aromatic heterocycles. The quantitative estimate of drug-likeness (QED) is 0.840. The van der Waals surface area contributed by atoms with Crippen LogP contribution in [0.25, 0.3) is 0 Å². The van der Waals surface area contributed by atoms with Crippen LogP contribution in [0.15, 0.2) is 36.4 Å². The van der Waals surface area contributed by atoms with E-state index in [1.165, 1.54) is 17.0 Å². The minimum absolute atomic E-state index is 0.248. The Kier molecular flexibility index (Phi) is 4.36. The molecule has 2 rings (SSSR count). The van der Waals surface area contributed by atoms with Crippen LogP contribution in [0.4, 0.5) is 8.78 Å². The first-order valence-corrected chi connectivity index (χ1v) is 6.65. The zero-order chi connectivity index (χ0) is 15.6. The Hall–Kier alpha value is -2.23. The smallest absolute Gasteiger partial charge is 0.256 e. The van der Waals surface area contributed by atoms with Crippen LogP contribution >= 0.6 is 0 Å². The molecule has 0 saturated heterocycles. The Balaban J connectivity index is 2.21. The van der Waals surface area contributed by atoms with Gasteiger partial charge in [0.1, 0.15) is 0 Å². The number of carbonyl (C=O) groups excluding carboxylic acids is 1. The van der Waals surface area contributed by atoms with E-state index in [9.17, 15) is 13.6 Å². The molecule has 0 aliphatic carbocycles. The van der Waals surface area contributed by atoms with Crippen LogP contribution in [0.1, 0.15) is 27.0 Å². The van der Waals surface area contributed by atoms with Gasteiger partial charge in [0.05, 0.1) is 5.56 Å². The molecule has 0 spiro atoms. The van der Waals surface area contributed by atoms with Crippen molar-refractivity contribution in [1.29, 1.82) is 0 Å². The molecule has 0 saturated carbocycles. The van der Waals surface area contributed by atoms with Gasteiger partial charge in [0, 0.05) is 13.6 Å². The van der Waals surface area contributed by atoms with E-state index in [1.807, 2.05) is 32.0 Å². The van der Waals surface area contributed by atoms with Crippen LogP contribution in [0, 0.1) is 25.5 Å². The third kappa shape index (κ3) is 3.27. The lowest BCUT2D eigenvalue weighted by molar-refractivity contribution is 0.0779. The number of rotatable bonds is 3. The molecule has 0 atom stereocenters. The van der Waals surface area contributed by atoms with E-state index < -0.39 is 17.5 Å². The number of aryl methyl sites for hydroxylation is 2. The van der Waals surface area contributed by atoms with Crippen LogP contribution in [0.2, 0.25) is 0 Å². The third-order valence-corrected chi connectivity index (χ3v) is 3.43. The highest BCUT2D eigenvalue weighted by atomic mass is 19.2. The summed E-state index contributed by atoms with van der Waals surface area (Å²) in [6.45, 7) is 4.30. The molecule has 0 aliphatic rings. The molecule has 0 bridgehead atoms. The van der Waals surface area contributed by atoms with Gasteiger partial charge in [-0.2, -0.15) is 0 Å². The van der Waals surface area contributed by atoms with Gasteiger partial charge in [-0.1, -0.05) is 29.8 Å². The molecule has 0 heterocycles. The standard InChI is InChI=1S/C17H17F2NO/c1-11-7-8-13(12(2)9-11)10-20(3)17(21)14-5-4-6-15(18)16(14)19/h4-9H,10H2,1-3H3. The van der Waals surface area contributed by atoms with Crippen molar-refractivity contribution < 1.29 is 13.6 Å². The molecule has 2 aromatic rings. The van der Waals surface area contributed by atoms with Crippen LogP contribution in [0.3, 0.4) is 0 Å². The maximum absolute atomic E-state index is 13.7. The summed E-state index contributed by atoms with van der Waals surface area (Å²) in [6, 6.07) is 9.54. The van der Waals surface area contributed by atoms with Crippen LogP contribution in [-0.4, -0.2) is 17.9 Å². The Morgan fingerprint density at radius 2 is 1.86 bits per heavy atom. The predicted octanol–water partition coefficient (Wildman–Crippen LogP) is 3.85. The number of benzene rings is 2. The minimum atomic E-state index is -1.10. The second-order valence-corrected chi connectivity index (χ2v) is 5.19. The van der Waals surface area contributed by atoms with Gasteiger partial charge >= 0.3 is 0 Å². The summed E-state index contributed by atoms with van der Waals surface area (Å²) in [5.74, 6) is -2.65. The van der Waals surface area contributed by atoms with E-state index in [0.717, 1.165) is 22.8 Å². The molecular formula is C17H17F2NO. The second-order valence-electron chi connectivity index (χ2n) is 5.19. The highest BCUT2D eigenvalue weighted by Gasteiger charge is 2.19. The molecule has 0 unspecified atom stereocenters. The molecule has 2 nitrogen and oxygen atoms in total. The van der Waals surface area contributed by atoms with Gasteiger partial charge in [-0.05, 0) is 37.1 Å². The molecular weight excluding hydrogens is 272 g/mol. The SMILES string of the molecule is Cc1ccc(CN(C)C(=O)c2cccc(F)c2F)c(C)c1. The van der Waals surface area contributed by atoms with Gasteiger partial charge in [-0.3, -0.25) is 4.79 Å². The maximum atomic E-state index is 13.7. The summed E-state index contributed by atoms with van der Waals surface area (Å²) < 4.78 is 26.9. The van der Waals surface area contributed by atoms with Crippen molar-refractivity contribution in [3.8, 4) is 0 Å². The molecule has 0 N–H and O–H groups in total. The molecule has 0 aliphatic heterocycles.